The van der Waals surface area contributed by atoms with Crippen molar-refractivity contribution in [3.8, 4) is 0 Å². The van der Waals surface area contributed by atoms with Crippen LogP contribution in [0.2, 0.25) is 0 Å². The third kappa shape index (κ3) is 2.93. The third-order valence-electron chi connectivity index (χ3n) is 2.58. The second kappa shape index (κ2) is 5.12. The first-order chi connectivity index (χ1) is 7.84. The Balaban J connectivity index is 2.65. The van der Waals surface area contributed by atoms with E-state index in [1.165, 1.54) is 6.08 Å². The van der Waals surface area contributed by atoms with Crippen LogP contribution in [0, 0.1) is 5.92 Å². The molecule has 0 fully saturated rings. The maximum atomic E-state index is 11.8. The van der Waals surface area contributed by atoms with E-state index in [0.717, 1.165) is 4.90 Å². The van der Waals surface area contributed by atoms with Crippen LogP contribution in [-0.2, 0) is 14.4 Å². The van der Waals surface area contributed by atoms with Crippen LogP contribution in [0.15, 0.2) is 11.6 Å². The molecule has 1 aliphatic rings. The first kappa shape index (κ1) is 13.4. The lowest BCUT2D eigenvalue weighted by Gasteiger charge is -2.22. The van der Waals surface area contributed by atoms with Gasteiger partial charge in [0.2, 0.25) is 5.91 Å². The van der Waals surface area contributed by atoms with Crippen molar-refractivity contribution in [2.45, 2.75) is 33.7 Å². The quantitative estimate of drug-likeness (QED) is 0.724. The minimum atomic E-state index is -0.762. The molecule has 0 aromatic carbocycles. The fourth-order valence-corrected chi connectivity index (χ4v) is 1.54. The standard InChI is InChI=1S/C12H18N2O3/c1-7(2)6-13-11(16)9(4)14-10(15)5-8(3)12(14)17/h5,7,9H,6H2,1-4H3,(H,13,16). The zero-order valence-corrected chi connectivity index (χ0v) is 10.6. The molecule has 3 amide bonds. The van der Waals surface area contributed by atoms with Gasteiger partial charge in [-0.05, 0) is 19.8 Å². The second-order valence-corrected chi connectivity index (χ2v) is 4.66. The predicted molar refractivity (Wildman–Crippen MR) is 62.9 cm³/mol. The average Bonchev–Trinajstić information content (AvgIpc) is 2.49. The highest BCUT2D eigenvalue weighted by atomic mass is 16.2. The number of hydrogen-bond donors (Lipinski definition) is 1. The van der Waals surface area contributed by atoms with E-state index in [0.29, 0.717) is 18.0 Å². The highest BCUT2D eigenvalue weighted by Crippen LogP contribution is 2.15. The average molecular weight is 238 g/mol. The lowest BCUT2D eigenvalue weighted by Crippen LogP contribution is -2.48. The number of imide groups is 1. The summed E-state index contributed by atoms with van der Waals surface area (Å²) in [5.41, 5.74) is 0.374. The minimum Gasteiger partial charge on any atom is -0.354 e. The molecule has 5 heteroatoms. The number of nitrogens with one attached hydrogen (secondary N) is 1. The van der Waals surface area contributed by atoms with E-state index in [-0.39, 0.29) is 11.8 Å². The number of hydrogen-bond acceptors (Lipinski definition) is 3. The largest absolute Gasteiger partial charge is 0.354 e. The van der Waals surface area contributed by atoms with Gasteiger partial charge in [-0.1, -0.05) is 13.8 Å². The molecule has 0 spiro atoms. The first-order valence-electron chi connectivity index (χ1n) is 5.68. The van der Waals surface area contributed by atoms with Crippen molar-refractivity contribution in [3.05, 3.63) is 11.6 Å². The Kier molecular flexibility index (Phi) is 4.04. The number of carbonyl (C=O) groups excluding carboxylic acids is 3. The Morgan fingerprint density at radius 3 is 2.35 bits per heavy atom. The molecule has 1 heterocycles. The van der Waals surface area contributed by atoms with Gasteiger partial charge in [0.1, 0.15) is 6.04 Å². The smallest absolute Gasteiger partial charge is 0.257 e. The van der Waals surface area contributed by atoms with Crippen molar-refractivity contribution < 1.29 is 14.4 Å². The van der Waals surface area contributed by atoms with Crippen LogP contribution in [0.4, 0.5) is 0 Å². The number of nitrogens with zero attached hydrogens (tertiary/aromatic N) is 1. The first-order valence-corrected chi connectivity index (χ1v) is 5.68. The van der Waals surface area contributed by atoms with Gasteiger partial charge in [0, 0.05) is 18.2 Å². The van der Waals surface area contributed by atoms with Gasteiger partial charge in [-0.3, -0.25) is 19.3 Å². The van der Waals surface area contributed by atoms with Crippen LogP contribution in [0.3, 0.4) is 0 Å². The summed E-state index contributed by atoms with van der Waals surface area (Å²) in [6.45, 7) is 7.61. The molecule has 5 nitrogen and oxygen atoms in total. The van der Waals surface area contributed by atoms with Gasteiger partial charge in [-0.25, -0.2) is 0 Å². The molecule has 17 heavy (non-hydrogen) atoms. The van der Waals surface area contributed by atoms with Crippen LogP contribution < -0.4 is 5.32 Å². The van der Waals surface area contributed by atoms with Crippen LogP contribution in [0.25, 0.3) is 0 Å². The Hall–Kier alpha value is -1.65. The molecule has 0 bridgehead atoms. The van der Waals surface area contributed by atoms with E-state index in [4.69, 9.17) is 0 Å². The van der Waals surface area contributed by atoms with E-state index in [1.54, 1.807) is 13.8 Å². The summed E-state index contributed by atoms with van der Waals surface area (Å²) in [5.74, 6) is -0.776. The fourth-order valence-electron chi connectivity index (χ4n) is 1.54. The minimum absolute atomic E-state index is 0.302. The van der Waals surface area contributed by atoms with Gasteiger partial charge in [0.25, 0.3) is 11.8 Å². The Morgan fingerprint density at radius 2 is 1.94 bits per heavy atom. The molecule has 94 valence electrons. The van der Waals surface area contributed by atoms with Crippen LogP contribution in [0.1, 0.15) is 27.7 Å². The summed E-state index contributed by atoms with van der Waals surface area (Å²) in [7, 11) is 0. The maximum absolute atomic E-state index is 11.8. The maximum Gasteiger partial charge on any atom is 0.257 e. The number of amides is 3. The van der Waals surface area contributed by atoms with E-state index >= 15 is 0 Å². The van der Waals surface area contributed by atoms with E-state index in [2.05, 4.69) is 5.32 Å². The van der Waals surface area contributed by atoms with Gasteiger partial charge < -0.3 is 5.32 Å². The van der Waals surface area contributed by atoms with Crippen molar-refractivity contribution in [1.82, 2.24) is 10.2 Å². The highest BCUT2D eigenvalue weighted by Gasteiger charge is 2.35. The molecule has 0 saturated carbocycles. The molecule has 0 aromatic rings. The summed E-state index contributed by atoms with van der Waals surface area (Å²) in [5, 5.41) is 2.71. The van der Waals surface area contributed by atoms with Gasteiger partial charge >= 0.3 is 0 Å². The topological polar surface area (TPSA) is 66.5 Å². The zero-order valence-electron chi connectivity index (χ0n) is 10.6. The normalized spacial score (nSPS) is 17.5. The molecule has 1 rings (SSSR count). The lowest BCUT2D eigenvalue weighted by atomic mass is 10.2. The van der Waals surface area contributed by atoms with E-state index in [1.807, 2.05) is 13.8 Å². The Bertz CT molecular complexity index is 385. The number of rotatable bonds is 4. The fraction of sp³-hybridized carbons (Fsp3) is 0.583. The summed E-state index contributed by atoms with van der Waals surface area (Å²) in [6, 6.07) is -0.762. The van der Waals surface area contributed by atoms with Crippen molar-refractivity contribution in [3.63, 3.8) is 0 Å². The molecular formula is C12H18N2O3. The molecule has 0 saturated heterocycles. The summed E-state index contributed by atoms with van der Waals surface area (Å²) in [6.07, 6.45) is 1.26. The monoisotopic (exact) mass is 238 g/mol. The van der Waals surface area contributed by atoms with Crippen molar-refractivity contribution in [2.75, 3.05) is 6.54 Å². The molecule has 0 aliphatic carbocycles. The second-order valence-electron chi connectivity index (χ2n) is 4.66. The van der Waals surface area contributed by atoms with Gasteiger partial charge in [0.15, 0.2) is 0 Å². The van der Waals surface area contributed by atoms with Crippen LogP contribution in [-0.4, -0.2) is 35.2 Å². The molecule has 0 aromatic heterocycles. The zero-order chi connectivity index (χ0) is 13.2. The summed E-state index contributed by atoms with van der Waals surface area (Å²) in [4.78, 5) is 35.9. The highest BCUT2D eigenvalue weighted by molar-refractivity contribution is 6.17. The summed E-state index contributed by atoms with van der Waals surface area (Å²) < 4.78 is 0. The van der Waals surface area contributed by atoms with Crippen molar-refractivity contribution in [2.24, 2.45) is 5.92 Å². The number of carbonyl (C=O) groups is 3. The van der Waals surface area contributed by atoms with Crippen molar-refractivity contribution >= 4 is 17.7 Å². The van der Waals surface area contributed by atoms with Crippen LogP contribution >= 0.6 is 0 Å². The molecule has 1 atom stereocenters. The van der Waals surface area contributed by atoms with E-state index in [9.17, 15) is 14.4 Å². The van der Waals surface area contributed by atoms with E-state index < -0.39 is 11.9 Å². The summed E-state index contributed by atoms with van der Waals surface area (Å²) >= 11 is 0. The SMILES string of the molecule is CC1=CC(=O)N(C(C)C(=O)NCC(C)C)C1=O. The third-order valence-corrected chi connectivity index (χ3v) is 2.58. The predicted octanol–water partition coefficient (Wildman–Crippen LogP) is 0.462. The molecular weight excluding hydrogens is 220 g/mol. The molecule has 1 unspecified atom stereocenters. The van der Waals surface area contributed by atoms with Crippen molar-refractivity contribution in [1.29, 1.82) is 0 Å². The molecule has 1 N–H and O–H groups in total. The van der Waals surface area contributed by atoms with Gasteiger partial charge in [-0.2, -0.15) is 0 Å². The lowest BCUT2D eigenvalue weighted by molar-refractivity contribution is -0.145. The van der Waals surface area contributed by atoms with Gasteiger partial charge in [-0.15, -0.1) is 0 Å². The molecule has 1 aliphatic heterocycles. The Labute approximate surface area is 101 Å². The van der Waals surface area contributed by atoms with Crippen LogP contribution in [0.5, 0.6) is 0 Å². The van der Waals surface area contributed by atoms with Gasteiger partial charge in [0.05, 0.1) is 0 Å². The Morgan fingerprint density at radius 1 is 1.35 bits per heavy atom. The molecule has 0 radical (unpaired) electrons.